The number of hydrogen-bond acceptors (Lipinski definition) is 1. The Morgan fingerprint density at radius 2 is 1.41 bits per heavy atom. The molecule has 0 amide bonds. The van der Waals surface area contributed by atoms with E-state index in [1.54, 1.807) is 0 Å². The van der Waals surface area contributed by atoms with E-state index in [0.717, 1.165) is 11.8 Å². The van der Waals surface area contributed by atoms with E-state index in [2.05, 4.69) is 94.4 Å². The van der Waals surface area contributed by atoms with Crippen LogP contribution in [-0.4, -0.2) is 6.10 Å². The van der Waals surface area contributed by atoms with Gasteiger partial charge >= 0.3 is 0 Å². The Hall–Kier alpha value is -2.38. The van der Waals surface area contributed by atoms with Crippen LogP contribution in [0.5, 0.6) is 0 Å². The predicted molar refractivity (Wildman–Crippen MR) is 138 cm³/mol. The quantitative estimate of drug-likeness (QED) is 0.290. The number of fused-ring (bicyclic) bond motifs is 5. The van der Waals surface area contributed by atoms with Crippen LogP contribution in [0.25, 0.3) is 32.3 Å². The Morgan fingerprint density at radius 1 is 0.781 bits per heavy atom. The van der Waals surface area contributed by atoms with Gasteiger partial charge in [-0.05, 0) is 95.3 Å². The third-order valence-electron chi connectivity index (χ3n) is 8.07. The molecule has 0 N–H and O–H groups in total. The minimum absolute atomic E-state index is 0.277. The van der Waals surface area contributed by atoms with Crippen LogP contribution in [0, 0.1) is 11.8 Å². The summed E-state index contributed by atoms with van der Waals surface area (Å²) in [6, 6.07) is 24.7. The molecule has 1 aliphatic rings. The van der Waals surface area contributed by atoms with Crippen molar-refractivity contribution >= 4 is 32.3 Å². The van der Waals surface area contributed by atoms with E-state index in [-0.39, 0.29) is 5.60 Å². The van der Waals surface area contributed by atoms with Crippen molar-refractivity contribution < 1.29 is 4.74 Å². The highest BCUT2D eigenvalue weighted by molar-refractivity contribution is 6.17. The van der Waals surface area contributed by atoms with E-state index in [4.69, 9.17) is 4.74 Å². The van der Waals surface area contributed by atoms with Crippen molar-refractivity contribution in [3.8, 4) is 0 Å². The van der Waals surface area contributed by atoms with Crippen molar-refractivity contribution in [2.24, 2.45) is 11.8 Å². The van der Waals surface area contributed by atoms with Gasteiger partial charge in [0.1, 0.15) is 0 Å². The van der Waals surface area contributed by atoms with Gasteiger partial charge in [0, 0.05) is 0 Å². The van der Waals surface area contributed by atoms with E-state index in [1.165, 1.54) is 70.0 Å². The van der Waals surface area contributed by atoms with Gasteiger partial charge in [-0.25, -0.2) is 0 Å². The van der Waals surface area contributed by atoms with Gasteiger partial charge in [-0.3, -0.25) is 0 Å². The van der Waals surface area contributed by atoms with E-state index in [0.29, 0.717) is 6.10 Å². The van der Waals surface area contributed by atoms with Crippen molar-refractivity contribution in [1.82, 2.24) is 0 Å². The Labute approximate surface area is 192 Å². The molecule has 1 fully saturated rings. The molecule has 4 aromatic carbocycles. The third kappa shape index (κ3) is 3.92. The fourth-order valence-corrected chi connectivity index (χ4v) is 5.80. The molecule has 1 aliphatic carbocycles. The number of ether oxygens (including phenoxy) is 1. The fourth-order valence-electron chi connectivity index (χ4n) is 5.80. The molecule has 0 spiro atoms. The van der Waals surface area contributed by atoms with Gasteiger partial charge in [0.2, 0.25) is 0 Å². The Balaban J connectivity index is 1.41. The van der Waals surface area contributed by atoms with Crippen LogP contribution in [0.3, 0.4) is 0 Å². The molecule has 0 radical (unpaired) electrons. The Morgan fingerprint density at radius 3 is 2.12 bits per heavy atom. The number of rotatable bonds is 5. The molecule has 1 nitrogen and oxygen atoms in total. The average molecular weight is 425 g/mol. The summed E-state index contributed by atoms with van der Waals surface area (Å²) in [6.45, 7) is 9.21. The van der Waals surface area contributed by atoms with E-state index in [9.17, 15) is 0 Å². The lowest BCUT2D eigenvalue weighted by atomic mass is 9.78. The lowest BCUT2D eigenvalue weighted by molar-refractivity contribution is -0.0954. The van der Waals surface area contributed by atoms with Gasteiger partial charge in [0.25, 0.3) is 0 Å². The van der Waals surface area contributed by atoms with Crippen molar-refractivity contribution in [2.75, 3.05) is 0 Å². The molecule has 32 heavy (non-hydrogen) atoms. The highest BCUT2D eigenvalue weighted by Gasteiger charge is 2.30. The highest BCUT2D eigenvalue weighted by atomic mass is 16.5. The maximum absolute atomic E-state index is 6.72. The van der Waals surface area contributed by atoms with Gasteiger partial charge in [-0.1, -0.05) is 80.9 Å². The molecule has 1 unspecified atom stereocenters. The number of hydrogen-bond donors (Lipinski definition) is 0. The highest BCUT2D eigenvalue weighted by Crippen LogP contribution is 2.38. The minimum atomic E-state index is -0.277. The average Bonchev–Trinajstić information content (AvgIpc) is 2.83. The van der Waals surface area contributed by atoms with E-state index in [1.807, 2.05) is 0 Å². The van der Waals surface area contributed by atoms with Gasteiger partial charge in [0.15, 0.2) is 0 Å². The van der Waals surface area contributed by atoms with Gasteiger partial charge in [0.05, 0.1) is 11.7 Å². The maximum Gasteiger partial charge on any atom is 0.0879 e. The van der Waals surface area contributed by atoms with Crippen molar-refractivity contribution in [3.63, 3.8) is 0 Å². The van der Waals surface area contributed by atoms with Gasteiger partial charge in [-0.2, -0.15) is 0 Å². The maximum atomic E-state index is 6.72. The second kappa shape index (κ2) is 8.52. The zero-order valence-electron chi connectivity index (χ0n) is 20.0. The first-order valence-electron chi connectivity index (χ1n) is 12.5. The summed E-state index contributed by atoms with van der Waals surface area (Å²) < 4.78 is 6.72. The second-order valence-electron chi connectivity index (χ2n) is 10.4. The van der Waals surface area contributed by atoms with Crippen LogP contribution in [0.2, 0.25) is 0 Å². The standard InChI is InChI=1S/C31H36O/c1-5-21(2)22-10-15-26(16-11-22)32-31(3,4)25-14-19-28-24(20-25)13-18-29-27-9-7-6-8-23(27)12-17-30(28)29/h6-9,12-14,17-22,26H,5,10-11,15-16H2,1-4H3. The van der Waals surface area contributed by atoms with Gasteiger partial charge < -0.3 is 4.74 Å². The largest absolute Gasteiger partial charge is 0.368 e. The molecule has 0 aromatic heterocycles. The molecule has 0 aliphatic heterocycles. The molecule has 0 bridgehead atoms. The Bertz CT molecular complexity index is 1240. The summed E-state index contributed by atoms with van der Waals surface area (Å²) in [6.07, 6.45) is 6.70. The summed E-state index contributed by atoms with van der Waals surface area (Å²) in [4.78, 5) is 0. The Kier molecular flexibility index (Phi) is 5.72. The molecule has 0 saturated heterocycles. The van der Waals surface area contributed by atoms with Crippen molar-refractivity contribution in [1.29, 1.82) is 0 Å². The first-order valence-corrected chi connectivity index (χ1v) is 12.5. The summed E-state index contributed by atoms with van der Waals surface area (Å²) in [5.41, 5.74) is 0.995. The lowest BCUT2D eigenvalue weighted by Gasteiger charge is -2.37. The molecular formula is C31H36O. The van der Waals surface area contributed by atoms with Crippen LogP contribution < -0.4 is 0 Å². The molecule has 1 heteroatoms. The lowest BCUT2D eigenvalue weighted by Crippen LogP contribution is -2.32. The summed E-state index contributed by atoms with van der Waals surface area (Å²) in [7, 11) is 0. The summed E-state index contributed by atoms with van der Waals surface area (Å²) in [5, 5.41) is 7.90. The molecule has 1 saturated carbocycles. The smallest absolute Gasteiger partial charge is 0.0879 e. The third-order valence-corrected chi connectivity index (χ3v) is 8.07. The van der Waals surface area contributed by atoms with Crippen molar-refractivity contribution in [3.05, 3.63) is 72.3 Å². The molecule has 1 atom stereocenters. The minimum Gasteiger partial charge on any atom is -0.368 e. The van der Waals surface area contributed by atoms with Crippen LogP contribution in [0.1, 0.15) is 65.4 Å². The van der Waals surface area contributed by atoms with Crippen LogP contribution in [0.15, 0.2) is 66.7 Å². The van der Waals surface area contributed by atoms with Gasteiger partial charge in [-0.15, -0.1) is 0 Å². The molecule has 5 rings (SSSR count). The molecule has 4 aromatic rings. The zero-order valence-corrected chi connectivity index (χ0v) is 20.0. The van der Waals surface area contributed by atoms with Crippen LogP contribution in [-0.2, 0) is 10.3 Å². The topological polar surface area (TPSA) is 9.23 Å². The first-order chi connectivity index (χ1) is 15.5. The van der Waals surface area contributed by atoms with E-state index >= 15 is 0 Å². The summed E-state index contributed by atoms with van der Waals surface area (Å²) in [5.74, 6) is 1.73. The first kappa shape index (κ1) is 21.5. The normalized spacial score (nSPS) is 20.8. The van der Waals surface area contributed by atoms with E-state index < -0.39 is 0 Å². The van der Waals surface area contributed by atoms with Crippen LogP contribution >= 0.6 is 0 Å². The van der Waals surface area contributed by atoms with Crippen LogP contribution in [0.4, 0.5) is 0 Å². The predicted octanol–water partition coefficient (Wildman–Crippen LogP) is 9.00. The number of benzene rings is 4. The fraction of sp³-hybridized carbons (Fsp3) is 0.419. The summed E-state index contributed by atoms with van der Waals surface area (Å²) >= 11 is 0. The molecule has 166 valence electrons. The zero-order chi connectivity index (χ0) is 22.3. The van der Waals surface area contributed by atoms with Crippen molar-refractivity contribution in [2.45, 2.75) is 71.5 Å². The molecule has 0 heterocycles. The monoisotopic (exact) mass is 424 g/mol. The molecular weight excluding hydrogens is 388 g/mol. The SMILES string of the molecule is CCC(C)C1CCC(OC(C)(C)c2ccc3c(ccc4c5ccccc5ccc34)c2)CC1. The second-order valence-corrected chi connectivity index (χ2v) is 10.4.